The molecule has 0 aliphatic carbocycles. The normalized spacial score (nSPS) is 27.9. The van der Waals surface area contributed by atoms with Crippen molar-refractivity contribution in [1.29, 1.82) is 5.26 Å². The standard InChI is InChI=1S/C9H16N2S/c1-3-9(6-10)11-4-5-12-8(2)7-11/h8-9H,3-5,7H2,1-2H3. The Labute approximate surface area is 78.9 Å². The Morgan fingerprint density at radius 2 is 2.50 bits per heavy atom. The Kier molecular flexibility index (Phi) is 3.90. The zero-order valence-corrected chi connectivity index (χ0v) is 8.60. The van der Waals surface area contributed by atoms with Crippen LogP contribution >= 0.6 is 11.8 Å². The lowest BCUT2D eigenvalue weighted by molar-refractivity contribution is 0.240. The second kappa shape index (κ2) is 4.74. The summed E-state index contributed by atoms with van der Waals surface area (Å²) in [5.41, 5.74) is 0. The zero-order chi connectivity index (χ0) is 8.97. The van der Waals surface area contributed by atoms with Gasteiger partial charge in [0.05, 0.1) is 12.1 Å². The predicted octanol–water partition coefficient (Wildman–Crippen LogP) is 1.73. The molecule has 0 aromatic heterocycles. The predicted molar refractivity (Wildman–Crippen MR) is 53.2 cm³/mol. The van der Waals surface area contributed by atoms with Crippen molar-refractivity contribution in [3.63, 3.8) is 0 Å². The zero-order valence-electron chi connectivity index (χ0n) is 7.79. The minimum absolute atomic E-state index is 0.147. The van der Waals surface area contributed by atoms with Gasteiger partial charge < -0.3 is 0 Å². The minimum Gasteiger partial charge on any atom is -0.286 e. The van der Waals surface area contributed by atoms with Crippen LogP contribution in [-0.2, 0) is 0 Å². The van der Waals surface area contributed by atoms with Gasteiger partial charge in [0.15, 0.2) is 0 Å². The third kappa shape index (κ3) is 2.40. The van der Waals surface area contributed by atoms with Crippen LogP contribution in [0.4, 0.5) is 0 Å². The van der Waals surface area contributed by atoms with Crippen molar-refractivity contribution in [3.8, 4) is 6.07 Å². The lowest BCUT2D eigenvalue weighted by Crippen LogP contribution is -2.42. The highest BCUT2D eigenvalue weighted by molar-refractivity contribution is 7.99. The molecule has 1 rings (SSSR count). The van der Waals surface area contributed by atoms with Gasteiger partial charge in [0.1, 0.15) is 0 Å². The number of thioether (sulfide) groups is 1. The van der Waals surface area contributed by atoms with Crippen molar-refractivity contribution in [2.75, 3.05) is 18.8 Å². The van der Waals surface area contributed by atoms with E-state index in [2.05, 4.69) is 24.8 Å². The molecule has 0 N–H and O–H groups in total. The first-order valence-electron chi connectivity index (χ1n) is 4.53. The van der Waals surface area contributed by atoms with E-state index in [0.29, 0.717) is 5.25 Å². The molecule has 0 saturated carbocycles. The van der Waals surface area contributed by atoms with E-state index >= 15 is 0 Å². The van der Waals surface area contributed by atoms with E-state index in [1.54, 1.807) is 0 Å². The molecule has 0 radical (unpaired) electrons. The molecular weight excluding hydrogens is 168 g/mol. The van der Waals surface area contributed by atoms with Crippen LogP contribution in [0.15, 0.2) is 0 Å². The lowest BCUT2D eigenvalue weighted by atomic mass is 10.2. The van der Waals surface area contributed by atoms with E-state index in [1.165, 1.54) is 5.75 Å². The van der Waals surface area contributed by atoms with E-state index in [0.717, 1.165) is 19.5 Å². The van der Waals surface area contributed by atoms with Crippen LogP contribution in [0.1, 0.15) is 20.3 Å². The van der Waals surface area contributed by atoms with E-state index in [9.17, 15) is 0 Å². The summed E-state index contributed by atoms with van der Waals surface area (Å²) in [6, 6.07) is 2.51. The summed E-state index contributed by atoms with van der Waals surface area (Å²) in [4.78, 5) is 2.31. The lowest BCUT2D eigenvalue weighted by Gasteiger charge is -2.33. The maximum atomic E-state index is 8.87. The molecule has 68 valence electrons. The first kappa shape index (κ1) is 9.88. The van der Waals surface area contributed by atoms with Crippen LogP contribution in [0.3, 0.4) is 0 Å². The first-order valence-corrected chi connectivity index (χ1v) is 5.58. The largest absolute Gasteiger partial charge is 0.286 e. The van der Waals surface area contributed by atoms with Crippen LogP contribution in [0, 0.1) is 11.3 Å². The SMILES string of the molecule is CCC(C#N)N1CCSC(C)C1. The molecule has 0 aromatic carbocycles. The van der Waals surface area contributed by atoms with E-state index < -0.39 is 0 Å². The molecule has 2 unspecified atom stereocenters. The maximum Gasteiger partial charge on any atom is 0.0975 e. The monoisotopic (exact) mass is 184 g/mol. The third-order valence-corrected chi connectivity index (χ3v) is 3.39. The van der Waals surface area contributed by atoms with E-state index in [-0.39, 0.29) is 6.04 Å². The van der Waals surface area contributed by atoms with Gasteiger partial charge in [0, 0.05) is 24.1 Å². The summed E-state index contributed by atoms with van der Waals surface area (Å²) >= 11 is 2.01. The summed E-state index contributed by atoms with van der Waals surface area (Å²) in [6.07, 6.45) is 0.952. The summed E-state index contributed by atoms with van der Waals surface area (Å²) in [7, 11) is 0. The van der Waals surface area contributed by atoms with Gasteiger partial charge in [-0.15, -0.1) is 0 Å². The van der Waals surface area contributed by atoms with Crippen LogP contribution in [-0.4, -0.2) is 35.0 Å². The van der Waals surface area contributed by atoms with Crippen molar-refractivity contribution < 1.29 is 0 Å². The Bertz CT molecular complexity index is 176. The molecule has 1 aliphatic heterocycles. The van der Waals surface area contributed by atoms with Crippen molar-refractivity contribution in [2.24, 2.45) is 0 Å². The van der Waals surface area contributed by atoms with Crippen LogP contribution in [0.25, 0.3) is 0 Å². The third-order valence-electron chi connectivity index (χ3n) is 2.25. The Hall–Kier alpha value is -0.200. The van der Waals surface area contributed by atoms with Crippen LogP contribution in [0.5, 0.6) is 0 Å². The summed E-state index contributed by atoms with van der Waals surface area (Å²) in [6.45, 7) is 6.49. The number of rotatable bonds is 2. The van der Waals surface area contributed by atoms with Gasteiger partial charge in [-0.25, -0.2) is 0 Å². The molecule has 0 spiro atoms. The Morgan fingerprint density at radius 3 is 3.00 bits per heavy atom. The molecule has 0 bridgehead atoms. The average molecular weight is 184 g/mol. The number of nitriles is 1. The topological polar surface area (TPSA) is 27.0 Å². The molecule has 0 aromatic rings. The van der Waals surface area contributed by atoms with Gasteiger partial charge in [-0.2, -0.15) is 17.0 Å². The van der Waals surface area contributed by atoms with Crippen molar-refractivity contribution in [3.05, 3.63) is 0 Å². The highest BCUT2D eigenvalue weighted by atomic mass is 32.2. The van der Waals surface area contributed by atoms with Crippen molar-refractivity contribution in [1.82, 2.24) is 4.90 Å². The highest BCUT2D eigenvalue weighted by Crippen LogP contribution is 2.20. The van der Waals surface area contributed by atoms with Gasteiger partial charge in [0.2, 0.25) is 0 Å². The maximum absolute atomic E-state index is 8.87. The fraction of sp³-hybridized carbons (Fsp3) is 0.889. The second-order valence-electron chi connectivity index (χ2n) is 3.23. The molecule has 2 atom stereocenters. The highest BCUT2D eigenvalue weighted by Gasteiger charge is 2.22. The summed E-state index contributed by atoms with van der Waals surface area (Å²) < 4.78 is 0. The molecule has 1 fully saturated rings. The molecule has 0 amide bonds. The second-order valence-corrected chi connectivity index (χ2v) is 4.78. The van der Waals surface area contributed by atoms with Gasteiger partial charge in [-0.05, 0) is 6.42 Å². The molecular formula is C9H16N2S. The fourth-order valence-corrected chi connectivity index (χ4v) is 2.60. The molecule has 1 heterocycles. The van der Waals surface area contributed by atoms with Gasteiger partial charge in [-0.1, -0.05) is 13.8 Å². The molecule has 12 heavy (non-hydrogen) atoms. The van der Waals surface area contributed by atoms with Crippen molar-refractivity contribution >= 4 is 11.8 Å². The number of nitrogens with zero attached hydrogens (tertiary/aromatic N) is 2. The molecule has 3 heteroatoms. The quantitative estimate of drug-likeness (QED) is 0.654. The minimum atomic E-state index is 0.147. The van der Waals surface area contributed by atoms with Gasteiger partial charge in [0.25, 0.3) is 0 Å². The van der Waals surface area contributed by atoms with Crippen LogP contribution < -0.4 is 0 Å². The van der Waals surface area contributed by atoms with E-state index in [4.69, 9.17) is 5.26 Å². The number of hydrogen-bond acceptors (Lipinski definition) is 3. The smallest absolute Gasteiger partial charge is 0.0975 e. The average Bonchev–Trinajstić information content (AvgIpc) is 2.07. The van der Waals surface area contributed by atoms with E-state index in [1.807, 2.05) is 11.8 Å². The number of hydrogen-bond donors (Lipinski definition) is 0. The molecule has 1 aliphatic rings. The van der Waals surface area contributed by atoms with Gasteiger partial charge >= 0.3 is 0 Å². The Morgan fingerprint density at radius 1 is 1.75 bits per heavy atom. The molecule has 1 saturated heterocycles. The summed E-state index contributed by atoms with van der Waals surface area (Å²) in [5, 5.41) is 9.56. The van der Waals surface area contributed by atoms with Crippen molar-refractivity contribution in [2.45, 2.75) is 31.6 Å². The molecule has 2 nitrogen and oxygen atoms in total. The Balaban J connectivity index is 2.45. The van der Waals surface area contributed by atoms with Crippen LogP contribution in [0.2, 0.25) is 0 Å². The first-order chi connectivity index (χ1) is 5.77. The fourth-order valence-electron chi connectivity index (χ4n) is 1.56. The van der Waals surface area contributed by atoms with Gasteiger partial charge in [-0.3, -0.25) is 4.90 Å². The summed E-state index contributed by atoms with van der Waals surface area (Å²) in [5.74, 6) is 1.18.